The third kappa shape index (κ3) is 3.05. The number of rotatable bonds is 3. The van der Waals surface area contributed by atoms with E-state index in [-0.39, 0.29) is 11.9 Å². The summed E-state index contributed by atoms with van der Waals surface area (Å²) in [5.74, 6) is -1.37. The van der Waals surface area contributed by atoms with E-state index in [1.165, 1.54) is 18.3 Å². The van der Waals surface area contributed by atoms with E-state index in [9.17, 15) is 13.6 Å². The van der Waals surface area contributed by atoms with E-state index in [2.05, 4.69) is 10.3 Å². The zero-order valence-corrected chi connectivity index (χ0v) is 11.8. The Hall–Kier alpha value is -2.50. The first-order valence-electron chi connectivity index (χ1n) is 7.04. The van der Waals surface area contributed by atoms with Crippen LogP contribution in [0.4, 0.5) is 14.5 Å². The van der Waals surface area contributed by atoms with Crippen molar-refractivity contribution in [3.8, 4) is 0 Å². The number of carbonyl (C=O) groups excluding carboxylic acids is 1. The molecule has 0 spiro atoms. The van der Waals surface area contributed by atoms with Crippen LogP contribution in [0, 0.1) is 11.6 Å². The lowest BCUT2D eigenvalue weighted by atomic mass is 10.2. The van der Waals surface area contributed by atoms with Crippen LogP contribution >= 0.6 is 0 Å². The third-order valence-electron chi connectivity index (χ3n) is 3.70. The molecule has 0 bridgehead atoms. The first-order valence-corrected chi connectivity index (χ1v) is 7.04. The van der Waals surface area contributed by atoms with E-state index in [1.54, 1.807) is 18.3 Å². The SMILES string of the molecule is O=C(N[C@@H]1CCN(c2ccc(F)cc2F)C1)c1cccnc1. The summed E-state index contributed by atoms with van der Waals surface area (Å²) >= 11 is 0. The zero-order valence-electron chi connectivity index (χ0n) is 11.8. The van der Waals surface area contributed by atoms with Crippen LogP contribution < -0.4 is 10.2 Å². The number of nitrogens with zero attached hydrogens (tertiary/aromatic N) is 2. The van der Waals surface area contributed by atoms with Crippen molar-refractivity contribution in [2.24, 2.45) is 0 Å². The second kappa shape index (κ2) is 6.09. The number of pyridine rings is 1. The van der Waals surface area contributed by atoms with Crippen LogP contribution in [0.3, 0.4) is 0 Å². The summed E-state index contributed by atoms with van der Waals surface area (Å²) in [6.07, 6.45) is 3.82. The molecule has 0 radical (unpaired) electrons. The van der Waals surface area contributed by atoms with Crippen LogP contribution in [0.1, 0.15) is 16.8 Å². The predicted molar refractivity (Wildman–Crippen MR) is 78.7 cm³/mol. The van der Waals surface area contributed by atoms with Crippen molar-refractivity contribution in [1.82, 2.24) is 10.3 Å². The standard InChI is InChI=1S/C16H15F2N3O/c17-12-3-4-15(14(18)8-12)21-7-5-13(10-21)20-16(22)11-2-1-6-19-9-11/h1-4,6,8-9,13H,5,7,10H2,(H,20,22)/t13-/m1/s1. The Morgan fingerprint density at radius 3 is 2.91 bits per heavy atom. The van der Waals surface area contributed by atoms with Gasteiger partial charge in [0.05, 0.1) is 11.3 Å². The average molecular weight is 303 g/mol. The molecule has 1 aromatic heterocycles. The van der Waals surface area contributed by atoms with Crippen LogP contribution in [-0.2, 0) is 0 Å². The number of hydrogen-bond donors (Lipinski definition) is 1. The zero-order chi connectivity index (χ0) is 15.5. The maximum Gasteiger partial charge on any atom is 0.253 e. The maximum absolute atomic E-state index is 13.8. The summed E-state index contributed by atoms with van der Waals surface area (Å²) in [4.78, 5) is 17.8. The number of amides is 1. The molecule has 114 valence electrons. The molecule has 1 atom stereocenters. The van der Waals surface area contributed by atoms with Crippen LogP contribution in [0.5, 0.6) is 0 Å². The minimum Gasteiger partial charge on any atom is -0.367 e. The van der Waals surface area contributed by atoms with E-state index in [0.717, 1.165) is 6.07 Å². The molecule has 0 saturated carbocycles. The van der Waals surface area contributed by atoms with Gasteiger partial charge >= 0.3 is 0 Å². The minimum atomic E-state index is -0.595. The van der Waals surface area contributed by atoms with Gasteiger partial charge in [0.15, 0.2) is 0 Å². The lowest BCUT2D eigenvalue weighted by Gasteiger charge is -2.19. The summed E-state index contributed by atoms with van der Waals surface area (Å²) in [6.45, 7) is 1.11. The van der Waals surface area contributed by atoms with Crippen molar-refractivity contribution in [3.63, 3.8) is 0 Å². The smallest absolute Gasteiger partial charge is 0.253 e. The Bertz CT molecular complexity index is 678. The Kier molecular flexibility index (Phi) is 4.00. The fraction of sp³-hybridized carbons (Fsp3) is 0.250. The molecule has 6 heteroatoms. The number of halogens is 2. The summed E-state index contributed by atoms with van der Waals surface area (Å²) in [6, 6.07) is 6.85. The van der Waals surface area contributed by atoms with Crippen molar-refractivity contribution in [2.75, 3.05) is 18.0 Å². The monoisotopic (exact) mass is 303 g/mol. The molecule has 3 rings (SSSR count). The highest BCUT2D eigenvalue weighted by atomic mass is 19.1. The van der Waals surface area contributed by atoms with E-state index in [4.69, 9.17) is 0 Å². The third-order valence-corrected chi connectivity index (χ3v) is 3.70. The highest BCUT2D eigenvalue weighted by Crippen LogP contribution is 2.24. The Morgan fingerprint density at radius 2 is 2.18 bits per heavy atom. The minimum absolute atomic E-state index is 0.0721. The lowest BCUT2D eigenvalue weighted by Crippen LogP contribution is -2.37. The number of anilines is 1. The summed E-state index contributed by atoms with van der Waals surface area (Å²) in [7, 11) is 0. The number of aromatic nitrogens is 1. The molecule has 2 aromatic rings. The molecule has 0 aliphatic carbocycles. The van der Waals surface area contributed by atoms with Gasteiger partial charge in [-0.3, -0.25) is 9.78 Å². The van der Waals surface area contributed by atoms with Crippen molar-refractivity contribution in [3.05, 3.63) is 59.9 Å². The summed E-state index contributed by atoms with van der Waals surface area (Å²) < 4.78 is 26.7. The Balaban J connectivity index is 1.64. The fourth-order valence-corrected chi connectivity index (χ4v) is 2.60. The van der Waals surface area contributed by atoms with Crippen molar-refractivity contribution >= 4 is 11.6 Å². The van der Waals surface area contributed by atoms with Crippen molar-refractivity contribution in [2.45, 2.75) is 12.5 Å². The number of carbonyl (C=O) groups is 1. The van der Waals surface area contributed by atoms with Gasteiger partial charge in [0.2, 0.25) is 0 Å². The fourth-order valence-electron chi connectivity index (χ4n) is 2.60. The first-order chi connectivity index (χ1) is 10.6. The van der Waals surface area contributed by atoms with Gasteiger partial charge in [0, 0.05) is 37.6 Å². The Labute approximate surface area is 126 Å². The lowest BCUT2D eigenvalue weighted by molar-refractivity contribution is 0.0940. The van der Waals surface area contributed by atoms with E-state index >= 15 is 0 Å². The van der Waals surface area contributed by atoms with E-state index < -0.39 is 11.6 Å². The van der Waals surface area contributed by atoms with Gasteiger partial charge in [0.1, 0.15) is 11.6 Å². The van der Waals surface area contributed by atoms with E-state index in [0.29, 0.717) is 30.8 Å². The van der Waals surface area contributed by atoms with Gasteiger partial charge in [-0.1, -0.05) is 0 Å². The van der Waals surface area contributed by atoms with Gasteiger partial charge in [-0.25, -0.2) is 8.78 Å². The molecule has 2 heterocycles. The molecule has 1 fully saturated rings. The van der Waals surface area contributed by atoms with Crippen molar-refractivity contribution < 1.29 is 13.6 Å². The quantitative estimate of drug-likeness (QED) is 0.947. The van der Waals surface area contributed by atoms with Gasteiger partial charge in [-0.05, 0) is 30.7 Å². The molecule has 1 N–H and O–H groups in total. The number of hydrogen-bond acceptors (Lipinski definition) is 3. The molecule has 1 amide bonds. The maximum atomic E-state index is 13.8. The molecular weight excluding hydrogens is 288 g/mol. The van der Waals surface area contributed by atoms with Gasteiger partial charge in [-0.2, -0.15) is 0 Å². The highest BCUT2D eigenvalue weighted by molar-refractivity contribution is 5.94. The molecule has 22 heavy (non-hydrogen) atoms. The topological polar surface area (TPSA) is 45.2 Å². The molecule has 0 unspecified atom stereocenters. The van der Waals surface area contributed by atoms with E-state index in [1.807, 2.05) is 4.90 Å². The first kappa shape index (κ1) is 14.4. The normalized spacial score (nSPS) is 17.5. The summed E-state index contributed by atoms with van der Waals surface area (Å²) in [5.41, 5.74) is 0.855. The van der Waals surface area contributed by atoms with Crippen LogP contribution in [-0.4, -0.2) is 30.0 Å². The average Bonchev–Trinajstić information content (AvgIpc) is 2.96. The molecule has 1 aliphatic rings. The van der Waals surface area contributed by atoms with Gasteiger partial charge in [0.25, 0.3) is 5.91 Å². The number of nitrogens with one attached hydrogen (secondary N) is 1. The molecular formula is C16H15F2N3O. The van der Waals surface area contributed by atoms with Crippen molar-refractivity contribution in [1.29, 1.82) is 0 Å². The predicted octanol–water partition coefficient (Wildman–Crippen LogP) is 2.37. The van der Waals surface area contributed by atoms with Gasteiger partial charge in [-0.15, -0.1) is 0 Å². The van der Waals surface area contributed by atoms with Gasteiger partial charge < -0.3 is 10.2 Å². The molecule has 1 aliphatic heterocycles. The second-order valence-corrected chi connectivity index (χ2v) is 5.24. The van der Waals surface area contributed by atoms with Crippen LogP contribution in [0.25, 0.3) is 0 Å². The second-order valence-electron chi connectivity index (χ2n) is 5.24. The van der Waals surface area contributed by atoms with Crippen LogP contribution in [0.15, 0.2) is 42.7 Å². The van der Waals surface area contributed by atoms with Crippen LogP contribution in [0.2, 0.25) is 0 Å². The molecule has 1 saturated heterocycles. The number of benzene rings is 1. The summed E-state index contributed by atoms with van der Waals surface area (Å²) in [5, 5.41) is 2.91. The highest BCUT2D eigenvalue weighted by Gasteiger charge is 2.26. The molecule has 4 nitrogen and oxygen atoms in total. The largest absolute Gasteiger partial charge is 0.367 e. The Morgan fingerprint density at radius 1 is 1.32 bits per heavy atom. The molecule has 1 aromatic carbocycles.